The number of hydrogen-bond acceptors (Lipinski definition) is 3. The number of anilines is 1. The van der Waals surface area contributed by atoms with E-state index in [0.29, 0.717) is 4.47 Å². The average molecular weight is 356 g/mol. The molecule has 0 saturated heterocycles. The van der Waals surface area contributed by atoms with E-state index in [9.17, 15) is 18.0 Å². The predicted octanol–water partition coefficient (Wildman–Crippen LogP) is 3.71. The molecule has 0 aliphatic carbocycles. The second-order valence-corrected chi connectivity index (χ2v) is 5.27. The number of alkyl halides is 3. The lowest BCUT2D eigenvalue weighted by atomic mass is 10.1. The Morgan fingerprint density at radius 2 is 1.90 bits per heavy atom. The van der Waals surface area contributed by atoms with Crippen LogP contribution in [0.2, 0.25) is 0 Å². The van der Waals surface area contributed by atoms with E-state index in [4.69, 9.17) is 4.74 Å². The van der Waals surface area contributed by atoms with Crippen LogP contribution in [0, 0.1) is 0 Å². The van der Waals surface area contributed by atoms with Crippen molar-refractivity contribution in [3.8, 4) is 5.75 Å². The second-order valence-electron chi connectivity index (χ2n) is 4.36. The first kappa shape index (κ1) is 16.8. The van der Waals surface area contributed by atoms with Gasteiger partial charge in [0.25, 0.3) is 5.91 Å². The average Bonchev–Trinajstić information content (AvgIpc) is 2.30. The number of methoxy groups -OCH3 is 1. The lowest BCUT2D eigenvalue weighted by molar-refractivity contribution is -0.274. The third-order valence-corrected chi connectivity index (χ3v) is 2.97. The third-order valence-electron chi connectivity index (χ3n) is 2.47. The summed E-state index contributed by atoms with van der Waals surface area (Å²) in [6.45, 7) is 2.98. The van der Waals surface area contributed by atoms with Crippen molar-refractivity contribution >= 4 is 27.5 Å². The van der Waals surface area contributed by atoms with Crippen molar-refractivity contribution in [2.24, 2.45) is 0 Å². The van der Waals surface area contributed by atoms with E-state index in [2.05, 4.69) is 26.0 Å². The van der Waals surface area contributed by atoms with Crippen LogP contribution in [0.25, 0.3) is 0 Å². The first-order valence-electron chi connectivity index (χ1n) is 5.47. The molecule has 0 bridgehead atoms. The predicted molar refractivity (Wildman–Crippen MR) is 70.5 cm³/mol. The fraction of sp³-hybridized carbons (Fsp3) is 0.417. The van der Waals surface area contributed by atoms with Crippen molar-refractivity contribution in [1.82, 2.24) is 0 Å². The van der Waals surface area contributed by atoms with Crippen molar-refractivity contribution in [2.45, 2.75) is 25.8 Å². The van der Waals surface area contributed by atoms with E-state index in [-0.39, 0.29) is 5.69 Å². The highest BCUT2D eigenvalue weighted by molar-refractivity contribution is 9.10. The monoisotopic (exact) mass is 355 g/mol. The Morgan fingerprint density at radius 3 is 2.40 bits per heavy atom. The van der Waals surface area contributed by atoms with Crippen LogP contribution in [0.3, 0.4) is 0 Å². The zero-order chi connectivity index (χ0) is 15.6. The first-order chi connectivity index (χ1) is 9.05. The molecule has 0 aliphatic rings. The first-order valence-corrected chi connectivity index (χ1v) is 6.26. The molecular formula is C12H13BrF3NO3. The molecule has 0 fully saturated rings. The van der Waals surface area contributed by atoms with Crippen LogP contribution in [0.4, 0.5) is 18.9 Å². The van der Waals surface area contributed by atoms with E-state index < -0.39 is 23.6 Å². The Bertz CT molecular complexity index is 503. The Labute approximate surface area is 122 Å². The smallest absolute Gasteiger partial charge is 0.404 e. The number of carbonyl (C=O) groups is 1. The molecular weight excluding hydrogens is 343 g/mol. The van der Waals surface area contributed by atoms with Gasteiger partial charge in [-0.15, -0.1) is 13.2 Å². The second kappa shape index (κ2) is 6.01. The summed E-state index contributed by atoms with van der Waals surface area (Å²) in [4.78, 5) is 11.9. The molecule has 0 saturated carbocycles. The number of halogens is 4. The van der Waals surface area contributed by atoms with E-state index in [1.54, 1.807) is 0 Å². The zero-order valence-electron chi connectivity index (χ0n) is 11.0. The number of rotatable bonds is 4. The standard InChI is InChI=1S/C12H13BrF3NO3/c1-11(2,19-3)10(18)17-8-5-4-7(13)6-9(8)20-12(14,15)16/h4-6H,1-3H3,(H,17,18). The van der Waals surface area contributed by atoms with Crippen LogP contribution < -0.4 is 10.1 Å². The summed E-state index contributed by atoms with van der Waals surface area (Å²) in [5.74, 6) is -1.10. The van der Waals surface area contributed by atoms with Crippen molar-refractivity contribution in [1.29, 1.82) is 0 Å². The molecule has 0 aliphatic heterocycles. The highest BCUT2D eigenvalue weighted by atomic mass is 79.9. The molecule has 0 atom stereocenters. The summed E-state index contributed by atoms with van der Waals surface area (Å²) in [6.07, 6.45) is -4.85. The summed E-state index contributed by atoms with van der Waals surface area (Å²) < 4.78 is 46.2. The van der Waals surface area contributed by atoms with Gasteiger partial charge in [0, 0.05) is 11.6 Å². The fourth-order valence-corrected chi connectivity index (χ4v) is 1.51. The van der Waals surface area contributed by atoms with E-state index >= 15 is 0 Å². The van der Waals surface area contributed by atoms with Crippen LogP contribution in [0.15, 0.2) is 22.7 Å². The maximum atomic E-state index is 12.3. The summed E-state index contributed by atoms with van der Waals surface area (Å²) >= 11 is 3.04. The quantitative estimate of drug-likeness (QED) is 0.895. The van der Waals surface area contributed by atoms with Crippen LogP contribution in [0.1, 0.15) is 13.8 Å². The highest BCUT2D eigenvalue weighted by Gasteiger charge is 2.33. The van der Waals surface area contributed by atoms with Gasteiger partial charge in [0.05, 0.1) is 5.69 Å². The number of hydrogen-bond donors (Lipinski definition) is 1. The normalized spacial score (nSPS) is 12.2. The van der Waals surface area contributed by atoms with Crippen LogP contribution in [-0.2, 0) is 9.53 Å². The number of amides is 1. The van der Waals surface area contributed by atoms with Crippen LogP contribution in [-0.4, -0.2) is 25.0 Å². The Morgan fingerprint density at radius 1 is 1.30 bits per heavy atom. The van der Waals surface area contributed by atoms with Gasteiger partial charge in [-0.25, -0.2) is 0 Å². The highest BCUT2D eigenvalue weighted by Crippen LogP contribution is 2.33. The molecule has 112 valence electrons. The molecule has 0 unspecified atom stereocenters. The largest absolute Gasteiger partial charge is 0.573 e. The number of nitrogens with one attached hydrogen (secondary N) is 1. The zero-order valence-corrected chi connectivity index (χ0v) is 12.6. The van der Waals surface area contributed by atoms with Gasteiger partial charge in [0.2, 0.25) is 0 Å². The van der Waals surface area contributed by atoms with E-state index in [1.807, 2.05) is 0 Å². The number of benzene rings is 1. The fourth-order valence-electron chi connectivity index (χ4n) is 1.17. The molecule has 0 radical (unpaired) electrons. The molecule has 1 N–H and O–H groups in total. The van der Waals surface area contributed by atoms with Gasteiger partial charge in [-0.3, -0.25) is 4.79 Å². The van der Waals surface area contributed by atoms with Crippen molar-refractivity contribution in [3.63, 3.8) is 0 Å². The maximum absolute atomic E-state index is 12.3. The maximum Gasteiger partial charge on any atom is 0.573 e. The molecule has 1 aromatic rings. The van der Waals surface area contributed by atoms with Crippen molar-refractivity contribution in [2.75, 3.05) is 12.4 Å². The van der Waals surface area contributed by atoms with Gasteiger partial charge < -0.3 is 14.8 Å². The summed E-state index contributed by atoms with van der Waals surface area (Å²) in [7, 11) is 1.33. The van der Waals surface area contributed by atoms with Gasteiger partial charge in [-0.1, -0.05) is 15.9 Å². The lowest BCUT2D eigenvalue weighted by Gasteiger charge is -2.22. The molecule has 1 rings (SSSR count). The van der Waals surface area contributed by atoms with Gasteiger partial charge >= 0.3 is 6.36 Å². The summed E-state index contributed by atoms with van der Waals surface area (Å²) in [6, 6.07) is 3.90. The topological polar surface area (TPSA) is 47.6 Å². The molecule has 0 heterocycles. The third kappa shape index (κ3) is 4.68. The van der Waals surface area contributed by atoms with Gasteiger partial charge in [0.1, 0.15) is 5.60 Å². The lowest BCUT2D eigenvalue weighted by Crippen LogP contribution is -2.39. The van der Waals surface area contributed by atoms with Crippen LogP contribution in [0.5, 0.6) is 5.75 Å². The molecule has 4 nitrogen and oxygen atoms in total. The molecule has 20 heavy (non-hydrogen) atoms. The van der Waals surface area contributed by atoms with E-state index in [0.717, 1.165) is 6.07 Å². The Balaban J connectivity index is 3.04. The molecule has 0 spiro atoms. The molecule has 8 heteroatoms. The van der Waals surface area contributed by atoms with Crippen LogP contribution >= 0.6 is 15.9 Å². The Kier molecular flexibility index (Phi) is 5.04. The molecule has 0 aromatic heterocycles. The molecule has 1 amide bonds. The minimum atomic E-state index is -4.85. The molecule has 1 aromatic carbocycles. The Hall–Kier alpha value is -1.28. The van der Waals surface area contributed by atoms with Crippen molar-refractivity contribution in [3.05, 3.63) is 22.7 Å². The van der Waals surface area contributed by atoms with Crippen molar-refractivity contribution < 1.29 is 27.4 Å². The van der Waals surface area contributed by atoms with Gasteiger partial charge in [-0.05, 0) is 32.0 Å². The summed E-state index contributed by atoms with van der Waals surface area (Å²) in [5.41, 5.74) is -1.27. The minimum absolute atomic E-state index is 0.0966. The SMILES string of the molecule is COC(C)(C)C(=O)Nc1ccc(Br)cc1OC(F)(F)F. The van der Waals surface area contributed by atoms with E-state index in [1.165, 1.54) is 33.1 Å². The van der Waals surface area contributed by atoms with Gasteiger partial charge in [0.15, 0.2) is 5.75 Å². The van der Waals surface area contributed by atoms with Gasteiger partial charge in [-0.2, -0.15) is 0 Å². The number of carbonyl (C=O) groups excluding carboxylic acids is 1. The minimum Gasteiger partial charge on any atom is -0.404 e. The number of ether oxygens (including phenoxy) is 2. The summed E-state index contributed by atoms with van der Waals surface area (Å²) in [5, 5.41) is 2.34.